The van der Waals surface area contributed by atoms with E-state index in [1.807, 2.05) is 24.3 Å². The van der Waals surface area contributed by atoms with Crippen LogP contribution in [0.15, 0.2) is 65.8 Å². The van der Waals surface area contributed by atoms with Gasteiger partial charge in [0.25, 0.3) is 0 Å². The molecule has 0 saturated carbocycles. The van der Waals surface area contributed by atoms with Crippen molar-refractivity contribution in [1.82, 2.24) is 10.0 Å². The van der Waals surface area contributed by atoms with E-state index in [0.29, 0.717) is 6.04 Å². The first-order valence-corrected chi connectivity index (χ1v) is 7.21. The molecule has 4 heteroatoms. The summed E-state index contributed by atoms with van der Waals surface area (Å²) in [4.78, 5) is 5.64. The van der Waals surface area contributed by atoms with Gasteiger partial charge in [-0.3, -0.25) is 0 Å². The maximum atomic E-state index is 5.64. The van der Waals surface area contributed by atoms with Crippen LogP contribution >= 0.6 is 0 Å². The van der Waals surface area contributed by atoms with E-state index in [0.717, 1.165) is 17.8 Å². The minimum Gasteiger partial charge on any atom is -0.367 e. The Labute approximate surface area is 124 Å². The molecule has 21 heavy (non-hydrogen) atoms. The molecule has 4 nitrogen and oxygen atoms in total. The summed E-state index contributed by atoms with van der Waals surface area (Å²) in [5, 5.41) is 8.66. The number of hydrazine groups is 1. The molecule has 2 heterocycles. The van der Waals surface area contributed by atoms with Gasteiger partial charge in [-0.05, 0) is 5.56 Å². The van der Waals surface area contributed by atoms with E-state index < -0.39 is 0 Å². The van der Waals surface area contributed by atoms with E-state index >= 15 is 0 Å². The zero-order valence-electron chi connectivity index (χ0n) is 11.9. The van der Waals surface area contributed by atoms with Crippen LogP contribution < -0.4 is 0 Å². The van der Waals surface area contributed by atoms with Crippen molar-refractivity contribution in [3.05, 3.63) is 71.8 Å². The Bertz CT molecular complexity index is 656. The molecule has 2 aliphatic heterocycles. The van der Waals surface area contributed by atoms with Gasteiger partial charge in [0.1, 0.15) is 0 Å². The van der Waals surface area contributed by atoms with Crippen molar-refractivity contribution < 1.29 is 4.84 Å². The molecule has 1 saturated heterocycles. The average Bonchev–Trinajstić information content (AvgIpc) is 3.10. The Morgan fingerprint density at radius 1 is 1.00 bits per heavy atom. The van der Waals surface area contributed by atoms with Crippen molar-refractivity contribution in [2.45, 2.75) is 18.7 Å². The van der Waals surface area contributed by atoms with Crippen molar-refractivity contribution in [2.24, 2.45) is 5.16 Å². The number of oxime groups is 1. The van der Waals surface area contributed by atoms with E-state index in [1.54, 1.807) is 0 Å². The molecule has 0 N–H and O–H groups in total. The van der Waals surface area contributed by atoms with Crippen LogP contribution in [-0.2, 0) is 4.84 Å². The van der Waals surface area contributed by atoms with E-state index in [2.05, 4.69) is 58.6 Å². The SMILES string of the molecule is CN1[C@@H](c2ccccc2)C[C@@H]2ON=C(c3ccccc3)N21. The van der Waals surface area contributed by atoms with Crippen LogP contribution in [0.5, 0.6) is 0 Å². The van der Waals surface area contributed by atoms with Gasteiger partial charge in [0, 0.05) is 19.0 Å². The highest BCUT2D eigenvalue weighted by molar-refractivity contribution is 5.99. The Kier molecular flexibility index (Phi) is 2.89. The second-order valence-corrected chi connectivity index (χ2v) is 5.42. The van der Waals surface area contributed by atoms with Crippen LogP contribution in [-0.4, -0.2) is 29.1 Å². The highest BCUT2D eigenvalue weighted by Gasteiger charge is 2.45. The standard InChI is InChI=1S/C17H17N3O/c1-19-15(13-8-4-2-5-9-13)12-16-20(19)17(18-21-16)14-10-6-3-7-11-14/h2-11,15-16H,12H2,1H3/t15-,16+/m1/s1. The highest BCUT2D eigenvalue weighted by atomic mass is 16.7. The first-order chi connectivity index (χ1) is 10.3. The van der Waals surface area contributed by atoms with Gasteiger partial charge >= 0.3 is 0 Å². The third-order valence-corrected chi connectivity index (χ3v) is 4.18. The minimum absolute atomic E-state index is 0.00425. The van der Waals surface area contributed by atoms with E-state index in [4.69, 9.17) is 4.84 Å². The van der Waals surface area contributed by atoms with Gasteiger partial charge in [0.05, 0.1) is 6.04 Å². The Balaban J connectivity index is 1.64. The molecule has 0 amide bonds. The fourth-order valence-corrected chi connectivity index (χ4v) is 3.12. The van der Waals surface area contributed by atoms with Crippen molar-refractivity contribution >= 4 is 5.84 Å². The topological polar surface area (TPSA) is 28.1 Å². The zero-order valence-corrected chi connectivity index (χ0v) is 11.9. The lowest BCUT2D eigenvalue weighted by Crippen LogP contribution is -2.41. The van der Waals surface area contributed by atoms with Crippen molar-refractivity contribution in [3.63, 3.8) is 0 Å². The van der Waals surface area contributed by atoms with Crippen molar-refractivity contribution in [1.29, 1.82) is 0 Å². The number of hydrogen-bond acceptors (Lipinski definition) is 4. The molecule has 4 rings (SSSR count). The number of amidine groups is 1. The fraction of sp³-hybridized carbons (Fsp3) is 0.235. The molecular formula is C17H17N3O. The van der Waals surface area contributed by atoms with E-state index in [-0.39, 0.29) is 6.23 Å². The predicted molar refractivity (Wildman–Crippen MR) is 81.3 cm³/mol. The summed E-state index contributed by atoms with van der Waals surface area (Å²) in [5.41, 5.74) is 2.39. The summed E-state index contributed by atoms with van der Waals surface area (Å²) in [7, 11) is 2.10. The lowest BCUT2D eigenvalue weighted by Gasteiger charge is -2.28. The number of fused-ring (bicyclic) bond motifs is 1. The molecule has 0 radical (unpaired) electrons. The second kappa shape index (κ2) is 4.90. The third-order valence-electron chi connectivity index (χ3n) is 4.18. The minimum atomic E-state index is -0.00425. The molecule has 2 aliphatic rings. The number of nitrogens with zero attached hydrogens (tertiary/aromatic N) is 3. The smallest absolute Gasteiger partial charge is 0.216 e. The van der Waals surface area contributed by atoms with Crippen LogP contribution in [0, 0.1) is 0 Å². The van der Waals surface area contributed by atoms with E-state index in [9.17, 15) is 0 Å². The average molecular weight is 279 g/mol. The van der Waals surface area contributed by atoms with Gasteiger partial charge in [-0.1, -0.05) is 65.8 Å². The van der Waals surface area contributed by atoms with Gasteiger partial charge in [-0.15, -0.1) is 0 Å². The van der Waals surface area contributed by atoms with Crippen LogP contribution in [0.1, 0.15) is 23.6 Å². The summed E-state index contributed by atoms with van der Waals surface area (Å²) >= 11 is 0. The highest BCUT2D eigenvalue weighted by Crippen LogP contribution is 2.39. The van der Waals surface area contributed by atoms with Gasteiger partial charge < -0.3 is 4.84 Å². The third kappa shape index (κ3) is 1.99. The number of rotatable bonds is 2. The van der Waals surface area contributed by atoms with E-state index in [1.165, 1.54) is 5.56 Å². The summed E-state index contributed by atoms with van der Waals surface area (Å²) < 4.78 is 0. The number of hydrogen-bond donors (Lipinski definition) is 0. The summed E-state index contributed by atoms with van der Waals surface area (Å²) in [6.45, 7) is 0. The molecule has 0 aliphatic carbocycles. The number of benzene rings is 2. The molecule has 1 fully saturated rings. The first kappa shape index (κ1) is 12.4. The molecule has 0 unspecified atom stereocenters. The zero-order chi connectivity index (χ0) is 14.2. The quantitative estimate of drug-likeness (QED) is 0.846. The molecule has 0 bridgehead atoms. The lowest BCUT2D eigenvalue weighted by atomic mass is 10.0. The molecule has 106 valence electrons. The first-order valence-electron chi connectivity index (χ1n) is 7.21. The van der Waals surface area contributed by atoms with Gasteiger partial charge in [-0.2, -0.15) is 0 Å². The van der Waals surface area contributed by atoms with Gasteiger partial charge in [-0.25, -0.2) is 10.0 Å². The summed E-state index contributed by atoms with van der Waals surface area (Å²) in [5.74, 6) is 0.890. The monoisotopic (exact) mass is 279 g/mol. The summed E-state index contributed by atoms with van der Waals surface area (Å²) in [6, 6.07) is 21.1. The Morgan fingerprint density at radius 3 is 2.38 bits per heavy atom. The molecule has 2 atom stereocenters. The van der Waals surface area contributed by atoms with Crippen LogP contribution in [0.4, 0.5) is 0 Å². The maximum Gasteiger partial charge on any atom is 0.216 e. The van der Waals surface area contributed by atoms with Gasteiger partial charge in [0.2, 0.25) is 6.23 Å². The summed E-state index contributed by atoms with van der Waals surface area (Å²) in [6.07, 6.45) is 0.913. The van der Waals surface area contributed by atoms with Crippen molar-refractivity contribution in [3.8, 4) is 0 Å². The maximum absolute atomic E-state index is 5.64. The second-order valence-electron chi connectivity index (χ2n) is 5.42. The molecular weight excluding hydrogens is 262 g/mol. The Hall–Kier alpha value is -2.33. The van der Waals surface area contributed by atoms with Crippen LogP contribution in [0.2, 0.25) is 0 Å². The normalized spacial score (nSPS) is 24.6. The Morgan fingerprint density at radius 2 is 1.67 bits per heavy atom. The molecule has 2 aromatic carbocycles. The van der Waals surface area contributed by atoms with Gasteiger partial charge in [0.15, 0.2) is 5.84 Å². The molecule has 2 aromatic rings. The van der Waals surface area contributed by atoms with Crippen LogP contribution in [0.25, 0.3) is 0 Å². The fourth-order valence-electron chi connectivity index (χ4n) is 3.12. The lowest BCUT2D eigenvalue weighted by molar-refractivity contribution is -0.0265. The van der Waals surface area contributed by atoms with Crippen LogP contribution in [0.3, 0.4) is 0 Å². The molecule has 0 spiro atoms. The van der Waals surface area contributed by atoms with Crippen molar-refractivity contribution in [2.75, 3.05) is 7.05 Å². The predicted octanol–water partition coefficient (Wildman–Crippen LogP) is 3.00. The molecule has 0 aromatic heterocycles. The largest absolute Gasteiger partial charge is 0.367 e.